The largest absolute Gasteiger partial charge is 0.343 e. The Bertz CT molecular complexity index is 496. The summed E-state index contributed by atoms with van der Waals surface area (Å²) >= 11 is 10.8. The second-order valence-electron chi connectivity index (χ2n) is 2.17. The van der Waals surface area contributed by atoms with Crippen molar-refractivity contribution in [3.05, 3.63) is 0 Å². The topological polar surface area (TPSA) is 41.6 Å². The van der Waals surface area contributed by atoms with Gasteiger partial charge in [0.25, 0.3) is 0 Å². The Labute approximate surface area is 108 Å². The minimum Gasteiger partial charge on any atom is -0.306 e. The first kappa shape index (κ1) is 4.52. The molecule has 1 rings (SSSR count). The minimum atomic E-state index is -4.80. The van der Waals surface area contributed by atoms with Crippen molar-refractivity contribution in [1.29, 1.82) is 0 Å². The van der Waals surface area contributed by atoms with Crippen LogP contribution in [0.4, 0.5) is 0 Å². The molecular weight excluding hydrogens is 246 g/mol. The molecule has 1 unspecified atom stereocenters. The van der Waals surface area contributed by atoms with Crippen molar-refractivity contribution in [3.8, 4) is 0 Å². The fourth-order valence-electron chi connectivity index (χ4n) is 0.740. The molecule has 1 saturated heterocycles. The molecule has 0 saturated carbocycles. The van der Waals surface area contributed by atoms with Crippen molar-refractivity contribution in [2.24, 2.45) is 0 Å². The molecule has 7 heteroatoms. The van der Waals surface area contributed by atoms with E-state index < -0.39 is 51.9 Å². The smallest absolute Gasteiger partial charge is 0.306 e. The second kappa shape index (κ2) is 6.31. The monoisotopic (exact) mass is 270 g/mol. The highest BCUT2D eigenvalue weighted by Gasteiger charge is 2.32. The van der Waals surface area contributed by atoms with Crippen molar-refractivity contribution < 1.29 is 22.8 Å². The third-order valence-corrected chi connectivity index (χ3v) is 3.34. The molecule has 0 aliphatic carbocycles. The molecule has 0 radical (unpaired) electrons. The molecule has 84 valence electrons. The van der Waals surface area contributed by atoms with E-state index in [-0.39, 0.29) is 0 Å². The summed E-state index contributed by atoms with van der Waals surface area (Å²) in [7, 11) is -4.80. The van der Waals surface area contributed by atoms with Crippen LogP contribution in [-0.2, 0) is 9.09 Å². The van der Waals surface area contributed by atoms with E-state index in [4.69, 9.17) is 36.9 Å². The first-order valence-corrected chi connectivity index (χ1v) is 5.79. The van der Waals surface area contributed by atoms with Crippen molar-refractivity contribution in [1.82, 2.24) is 9.76 Å². The van der Waals surface area contributed by atoms with Crippen molar-refractivity contribution in [2.45, 2.75) is 6.37 Å². The third kappa shape index (κ3) is 3.37. The second-order valence-corrected chi connectivity index (χ2v) is 4.71. The van der Waals surface area contributed by atoms with E-state index in [1.165, 1.54) is 0 Å². The van der Waals surface area contributed by atoms with E-state index >= 15 is 0 Å². The number of halogens is 2. The Morgan fingerprint density at radius 1 is 1.57 bits per heavy atom. The van der Waals surface area contributed by atoms with Gasteiger partial charge in [0, 0.05) is 42.2 Å². The summed E-state index contributed by atoms with van der Waals surface area (Å²) in [6.07, 6.45) is -3.25. The van der Waals surface area contributed by atoms with E-state index in [1.54, 1.807) is 5.09 Å². The first-order valence-electron chi connectivity index (χ1n) is 8.46. The average Bonchev–Trinajstić information content (AvgIpc) is 2.20. The SMILES string of the molecule is [2H]C([2H])(Cl)CN(CC([2H])([2H])Cl)P1(=O)NC([2H])([2H])C([2H])([2H])C([2H])([2H])O1. The minimum absolute atomic E-state index is 0.401. The molecule has 1 heterocycles. The fraction of sp³-hybridized carbons (Fsp3) is 1.00. The van der Waals surface area contributed by atoms with Crippen LogP contribution >= 0.6 is 30.9 Å². The van der Waals surface area contributed by atoms with Gasteiger partial charge in [-0.15, -0.1) is 23.2 Å². The van der Waals surface area contributed by atoms with Crippen LogP contribution in [0.3, 0.4) is 0 Å². The molecule has 1 fully saturated rings. The van der Waals surface area contributed by atoms with Crippen LogP contribution < -0.4 is 5.09 Å². The summed E-state index contributed by atoms with van der Waals surface area (Å²) in [6.45, 7) is -8.46. The average molecular weight is 271 g/mol. The van der Waals surface area contributed by atoms with Crippen LogP contribution in [0.25, 0.3) is 0 Å². The molecule has 0 spiro atoms. The van der Waals surface area contributed by atoms with Gasteiger partial charge in [-0.2, -0.15) is 0 Å². The Balaban J connectivity index is 3.33. The molecule has 1 N–H and O–H groups in total. The van der Waals surface area contributed by atoms with Crippen molar-refractivity contribution >= 4 is 30.9 Å². The zero-order valence-electron chi connectivity index (χ0n) is 16.9. The van der Waals surface area contributed by atoms with Gasteiger partial charge >= 0.3 is 7.67 Å². The Hall–Kier alpha value is 0.690. The van der Waals surface area contributed by atoms with Gasteiger partial charge in [0.2, 0.25) is 0 Å². The van der Waals surface area contributed by atoms with Gasteiger partial charge in [0.15, 0.2) is 0 Å². The number of alkyl halides is 2. The van der Waals surface area contributed by atoms with Crippen molar-refractivity contribution in [3.63, 3.8) is 0 Å². The van der Waals surface area contributed by atoms with Gasteiger partial charge < -0.3 is 4.52 Å². The van der Waals surface area contributed by atoms with Gasteiger partial charge in [-0.1, -0.05) is 0 Å². The van der Waals surface area contributed by atoms with Crippen LogP contribution in [-0.4, -0.2) is 42.5 Å². The Morgan fingerprint density at radius 3 is 2.71 bits per heavy atom. The van der Waals surface area contributed by atoms with Crippen LogP contribution in [0.15, 0.2) is 0 Å². The normalized spacial score (nSPS) is 51.6. The summed E-state index contributed by atoms with van der Waals surface area (Å²) in [5.41, 5.74) is 0. The molecule has 1 atom stereocenters. The molecule has 0 amide bonds. The molecule has 0 aromatic carbocycles. The Kier molecular flexibility index (Phi) is 2.04. The first-order chi connectivity index (χ1) is 10.2. The predicted octanol–water partition coefficient (Wildman–Crippen LogP) is 1.88. The maximum absolute atomic E-state index is 12.9. The molecular formula is C7H15Cl2N2O2P. The van der Waals surface area contributed by atoms with E-state index in [9.17, 15) is 4.57 Å². The predicted molar refractivity (Wildman–Crippen MR) is 59.2 cm³/mol. The zero-order chi connectivity index (χ0) is 19.4. The summed E-state index contributed by atoms with van der Waals surface area (Å²) in [5, 5.41) is 1.69. The quantitative estimate of drug-likeness (QED) is 0.612. The lowest BCUT2D eigenvalue weighted by atomic mass is 10.5. The standard InChI is InChI=1S/C7H15Cl2N2O2P/c8-2-5-11(6-3-9)14(12)10-4-1-7-13-14/h1-7H2,(H,10,12)/i1D2,2D2,3D2,4D2,7D2. The van der Waals surface area contributed by atoms with Crippen LogP contribution in [0, 0.1) is 0 Å². The maximum atomic E-state index is 12.9. The molecule has 1 aliphatic heterocycles. The number of hydrogen-bond donors (Lipinski definition) is 1. The number of nitrogens with zero attached hydrogens (tertiary/aromatic N) is 1. The van der Waals surface area contributed by atoms with Crippen LogP contribution in [0.2, 0.25) is 0 Å². The zero-order valence-corrected chi connectivity index (χ0v) is 9.29. The van der Waals surface area contributed by atoms with Crippen molar-refractivity contribution in [2.75, 3.05) is 37.8 Å². The lowest BCUT2D eigenvalue weighted by Crippen LogP contribution is -2.35. The maximum Gasteiger partial charge on any atom is 0.343 e. The molecule has 1 aliphatic rings. The van der Waals surface area contributed by atoms with Crippen LogP contribution in [0.1, 0.15) is 20.1 Å². The lowest BCUT2D eigenvalue weighted by molar-refractivity contribution is 0.233. The molecule has 14 heavy (non-hydrogen) atoms. The third-order valence-electron chi connectivity index (χ3n) is 1.34. The summed E-state index contributed by atoms with van der Waals surface area (Å²) in [4.78, 5) is 0. The van der Waals surface area contributed by atoms with Gasteiger partial charge in [-0.05, 0) is 6.37 Å². The molecule has 0 aromatic rings. The van der Waals surface area contributed by atoms with E-state index in [0.29, 0.717) is 4.67 Å². The highest BCUT2D eigenvalue weighted by molar-refractivity contribution is 7.54. The van der Waals surface area contributed by atoms with Gasteiger partial charge in [0.1, 0.15) is 0 Å². The van der Waals surface area contributed by atoms with Gasteiger partial charge in [-0.3, -0.25) is 4.57 Å². The summed E-state index contributed by atoms with van der Waals surface area (Å²) < 4.78 is 92.4. The van der Waals surface area contributed by atoms with Gasteiger partial charge in [-0.25, -0.2) is 9.76 Å². The van der Waals surface area contributed by atoms with E-state index in [1.807, 2.05) is 0 Å². The molecule has 4 nitrogen and oxygen atoms in total. The van der Waals surface area contributed by atoms with Crippen LogP contribution in [0.5, 0.6) is 0 Å². The summed E-state index contributed by atoms with van der Waals surface area (Å²) in [6, 6.07) is 0. The Morgan fingerprint density at radius 2 is 2.21 bits per heavy atom. The highest BCUT2D eigenvalue weighted by Crippen LogP contribution is 2.47. The summed E-state index contributed by atoms with van der Waals surface area (Å²) in [5.74, 6) is -5.11. The highest BCUT2D eigenvalue weighted by atomic mass is 35.5. The molecule has 0 bridgehead atoms. The van der Waals surface area contributed by atoms with E-state index in [0.717, 1.165) is 0 Å². The van der Waals surface area contributed by atoms with E-state index in [2.05, 4.69) is 4.52 Å². The fourth-order valence-corrected chi connectivity index (χ4v) is 2.38. The number of rotatable bonds is 5. The molecule has 0 aromatic heterocycles. The lowest BCUT2D eigenvalue weighted by Gasteiger charge is -2.33. The number of hydrogen-bond acceptors (Lipinski definition) is 2. The van der Waals surface area contributed by atoms with Gasteiger partial charge in [0.05, 0.1) is 9.30 Å². The number of nitrogens with one attached hydrogen (secondary N) is 1.